The lowest BCUT2D eigenvalue weighted by Crippen LogP contribution is -1.93. The number of hydrogen-bond acceptors (Lipinski definition) is 3. The molecule has 0 aromatic heterocycles. The number of hydrogen-bond donors (Lipinski definition) is 1. The van der Waals surface area contributed by atoms with E-state index in [2.05, 4.69) is 4.74 Å². The number of benzene rings is 1. The first-order chi connectivity index (χ1) is 5.70. The fourth-order valence-corrected chi connectivity index (χ4v) is 0.879. The van der Waals surface area contributed by atoms with Crippen molar-refractivity contribution >= 4 is 0 Å². The van der Waals surface area contributed by atoms with E-state index in [1.165, 1.54) is 26.4 Å². The Bertz CT molecular complexity index is 286. The predicted octanol–water partition coefficient (Wildman–Crippen LogP) is 1.55. The number of halogens is 1. The molecule has 12 heavy (non-hydrogen) atoms. The molecule has 1 aromatic rings. The highest BCUT2D eigenvalue weighted by molar-refractivity contribution is 5.46. The van der Waals surface area contributed by atoms with Crippen molar-refractivity contribution in [3.63, 3.8) is 0 Å². The van der Waals surface area contributed by atoms with Gasteiger partial charge in [0.25, 0.3) is 0 Å². The van der Waals surface area contributed by atoms with Crippen molar-refractivity contribution in [2.24, 2.45) is 0 Å². The number of methoxy groups -OCH3 is 2. The molecule has 0 spiro atoms. The summed E-state index contributed by atoms with van der Waals surface area (Å²) in [5.74, 6) is -1.09. The standard InChI is InChI=1S/C8H9FO3/c1-11-6-4-3-5(10)7(9)8(6)12-2/h3-4,10H,1-2H3. The third-order valence-corrected chi connectivity index (χ3v) is 1.46. The summed E-state index contributed by atoms with van der Waals surface area (Å²) in [6, 6.07) is 2.63. The minimum Gasteiger partial charge on any atom is -0.505 e. The number of aromatic hydroxyl groups is 1. The maximum atomic E-state index is 13.0. The van der Waals surface area contributed by atoms with Crippen LogP contribution in [0.2, 0.25) is 0 Å². The van der Waals surface area contributed by atoms with Crippen molar-refractivity contribution in [1.29, 1.82) is 0 Å². The monoisotopic (exact) mass is 172 g/mol. The van der Waals surface area contributed by atoms with Crippen LogP contribution in [-0.4, -0.2) is 19.3 Å². The molecule has 0 aliphatic heterocycles. The van der Waals surface area contributed by atoms with Gasteiger partial charge in [0.2, 0.25) is 11.6 Å². The van der Waals surface area contributed by atoms with Crippen molar-refractivity contribution in [3.05, 3.63) is 17.9 Å². The summed E-state index contributed by atoms with van der Waals surface area (Å²) in [6.07, 6.45) is 0. The first kappa shape index (κ1) is 8.64. The maximum absolute atomic E-state index is 13.0. The molecule has 0 saturated heterocycles. The molecule has 0 aliphatic carbocycles. The Labute approximate surface area is 69.3 Å². The second-order valence-electron chi connectivity index (χ2n) is 2.13. The molecule has 66 valence electrons. The number of rotatable bonds is 2. The highest BCUT2D eigenvalue weighted by Gasteiger charge is 2.13. The van der Waals surface area contributed by atoms with Gasteiger partial charge in [0.05, 0.1) is 14.2 Å². The van der Waals surface area contributed by atoms with E-state index >= 15 is 0 Å². The Hall–Kier alpha value is -1.45. The van der Waals surface area contributed by atoms with E-state index in [4.69, 9.17) is 9.84 Å². The zero-order valence-corrected chi connectivity index (χ0v) is 6.80. The van der Waals surface area contributed by atoms with Crippen molar-refractivity contribution < 1.29 is 19.0 Å². The Morgan fingerprint density at radius 3 is 2.42 bits per heavy atom. The van der Waals surface area contributed by atoms with E-state index in [1.807, 2.05) is 0 Å². The van der Waals surface area contributed by atoms with Crippen LogP contribution in [0.15, 0.2) is 12.1 Å². The van der Waals surface area contributed by atoms with Crippen LogP contribution in [0.4, 0.5) is 4.39 Å². The first-order valence-electron chi connectivity index (χ1n) is 3.30. The van der Waals surface area contributed by atoms with Crippen molar-refractivity contribution in [3.8, 4) is 17.2 Å². The van der Waals surface area contributed by atoms with Crippen LogP contribution in [0.5, 0.6) is 17.2 Å². The van der Waals surface area contributed by atoms with Crippen molar-refractivity contribution in [2.45, 2.75) is 0 Å². The van der Waals surface area contributed by atoms with Gasteiger partial charge in [-0.2, -0.15) is 4.39 Å². The van der Waals surface area contributed by atoms with Gasteiger partial charge in [-0.25, -0.2) is 0 Å². The van der Waals surface area contributed by atoms with Gasteiger partial charge in [0.1, 0.15) is 0 Å². The first-order valence-corrected chi connectivity index (χ1v) is 3.30. The molecule has 3 nitrogen and oxygen atoms in total. The quantitative estimate of drug-likeness (QED) is 0.735. The molecule has 1 aromatic carbocycles. The molecule has 4 heteroatoms. The highest BCUT2D eigenvalue weighted by Crippen LogP contribution is 2.34. The molecule has 0 bridgehead atoms. The topological polar surface area (TPSA) is 38.7 Å². The lowest BCUT2D eigenvalue weighted by atomic mass is 10.3. The second kappa shape index (κ2) is 3.30. The fourth-order valence-electron chi connectivity index (χ4n) is 0.879. The molecular formula is C8H9FO3. The summed E-state index contributed by atoms with van der Waals surface area (Å²) in [6.45, 7) is 0. The van der Waals surface area contributed by atoms with Crippen LogP contribution >= 0.6 is 0 Å². The van der Waals surface area contributed by atoms with Gasteiger partial charge in [0, 0.05) is 0 Å². The SMILES string of the molecule is COc1ccc(O)c(F)c1OC. The van der Waals surface area contributed by atoms with Crippen LogP contribution < -0.4 is 9.47 Å². The van der Waals surface area contributed by atoms with E-state index in [9.17, 15) is 4.39 Å². The number of ether oxygens (including phenoxy) is 2. The lowest BCUT2D eigenvalue weighted by molar-refractivity contribution is 0.326. The summed E-state index contributed by atoms with van der Waals surface area (Å²) in [7, 11) is 2.70. The van der Waals surface area contributed by atoms with E-state index in [1.54, 1.807) is 0 Å². The zero-order chi connectivity index (χ0) is 9.14. The molecule has 0 fully saturated rings. The molecule has 0 unspecified atom stereocenters. The average molecular weight is 172 g/mol. The predicted molar refractivity (Wildman–Crippen MR) is 41.2 cm³/mol. The number of phenolic OH excluding ortho intramolecular Hbond substituents is 1. The molecule has 1 N–H and O–H groups in total. The van der Waals surface area contributed by atoms with E-state index in [-0.39, 0.29) is 11.5 Å². The van der Waals surface area contributed by atoms with Gasteiger partial charge in [-0.1, -0.05) is 0 Å². The molecule has 0 atom stereocenters. The Kier molecular flexibility index (Phi) is 2.38. The lowest BCUT2D eigenvalue weighted by Gasteiger charge is -2.08. The smallest absolute Gasteiger partial charge is 0.210 e. The van der Waals surface area contributed by atoms with E-state index in [0.717, 1.165) is 0 Å². The molecule has 0 amide bonds. The van der Waals surface area contributed by atoms with Crippen molar-refractivity contribution in [2.75, 3.05) is 14.2 Å². The highest BCUT2D eigenvalue weighted by atomic mass is 19.1. The van der Waals surface area contributed by atoms with Crippen LogP contribution in [0.3, 0.4) is 0 Å². The van der Waals surface area contributed by atoms with Crippen molar-refractivity contribution in [1.82, 2.24) is 0 Å². The molecule has 0 saturated carbocycles. The maximum Gasteiger partial charge on any atom is 0.210 e. The largest absolute Gasteiger partial charge is 0.505 e. The molecule has 0 aliphatic rings. The number of phenols is 1. The van der Waals surface area contributed by atoms with Gasteiger partial charge < -0.3 is 14.6 Å². The summed E-state index contributed by atoms with van der Waals surface area (Å²) in [5.41, 5.74) is 0. The van der Waals surface area contributed by atoms with Gasteiger partial charge >= 0.3 is 0 Å². The molecular weight excluding hydrogens is 163 g/mol. The summed E-state index contributed by atoms with van der Waals surface area (Å²) in [4.78, 5) is 0. The Morgan fingerprint density at radius 1 is 1.25 bits per heavy atom. The fraction of sp³-hybridized carbons (Fsp3) is 0.250. The average Bonchev–Trinajstić information content (AvgIpc) is 2.09. The van der Waals surface area contributed by atoms with Gasteiger partial charge in [-0.05, 0) is 12.1 Å². The van der Waals surface area contributed by atoms with Crippen LogP contribution in [0, 0.1) is 5.82 Å². The Morgan fingerprint density at radius 2 is 1.92 bits per heavy atom. The van der Waals surface area contributed by atoms with E-state index < -0.39 is 11.6 Å². The third kappa shape index (κ3) is 1.28. The molecule has 0 radical (unpaired) electrons. The van der Waals surface area contributed by atoms with Gasteiger partial charge in [0.15, 0.2) is 11.5 Å². The third-order valence-electron chi connectivity index (χ3n) is 1.46. The normalized spacial score (nSPS) is 9.58. The summed E-state index contributed by atoms with van der Waals surface area (Å²) < 4.78 is 22.5. The minimum absolute atomic E-state index is 0.0856. The molecule has 1 rings (SSSR count). The van der Waals surface area contributed by atoms with E-state index in [0.29, 0.717) is 0 Å². The Balaban J connectivity index is 3.25. The van der Waals surface area contributed by atoms with Crippen LogP contribution in [0.1, 0.15) is 0 Å². The molecule has 0 heterocycles. The zero-order valence-electron chi connectivity index (χ0n) is 6.80. The van der Waals surface area contributed by atoms with Crippen LogP contribution in [0.25, 0.3) is 0 Å². The van der Waals surface area contributed by atoms with Crippen LogP contribution in [-0.2, 0) is 0 Å². The summed E-state index contributed by atoms with van der Waals surface area (Å²) >= 11 is 0. The summed E-state index contributed by atoms with van der Waals surface area (Å²) in [5, 5.41) is 8.94. The van der Waals surface area contributed by atoms with Gasteiger partial charge in [-0.3, -0.25) is 0 Å². The second-order valence-corrected chi connectivity index (χ2v) is 2.13. The minimum atomic E-state index is -0.808. The van der Waals surface area contributed by atoms with Gasteiger partial charge in [-0.15, -0.1) is 0 Å².